The highest BCUT2D eigenvalue weighted by molar-refractivity contribution is 5.87. The van der Waals surface area contributed by atoms with Gasteiger partial charge in [-0.2, -0.15) is 0 Å². The Morgan fingerprint density at radius 1 is 1.00 bits per heavy atom. The summed E-state index contributed by atoms with van der Waals surface area (Å²) < 4.78 is 5.44. The van der Waals surface area contributed by atoms with Gasteiger partial charge in [-0.1, -0.05) is 30.3 Å². The summed E-state index contributed by atoms with van der Waals surface area (Å²) in [5.74, 6) is -0.841. The number of nitrogens with zero attached hydrogens (tertiary/aromatic N) is 2. The first-order valence-electron chi connectivity index (χ1n) is 10.8. The van der Waals surface area contributed by atoms with Crippen LogP contribution in [0, 0.1) is 11.8 Å². The molecule has 7 nitrogen and oxygen atoms in total. The van der Waals surface area contributed by atoms with E-state index in [0.29, 0.717) is 38.5 Å². The SMILES string of the molecule is O=C(NO)[C@H]1C[C@H](N2CCOCC2)CC[C@@H]1C(=O)N1CC[C@H](c2ccccc2)C1. The van der Waals surface area contributed by atoms with Gasteiger partial charge in [-0.15, -0.1) is 0 Å². The van der Waals surface area contributed by atoms with Crippen molar-refractivity contribution < 1.29 is 19.5 Å². The second-order valence-corrected chi connectivity index (χ2v) is 8.48. The van der Waals surface area contributed by atoms with Gasteiger partial charge in [0.1, 0.15) is 0 Å². The number of hydroxylamine groups is 1. The van der Waals surface area contributed by atoms with Gasteiger partial charge in [-0.25, -0.2) is 5.48 Å². The van der Waals surface area contributed by atoms with Crippen LogP contribution >= 0.6 is 0 Å². The Morgan fingerprint density at radius 2 is 1.76 bits per heavy atom. The van der Waals surface area contributed by atoms with E-state index < -0.39 is 11.8 Å². The molecule has 0 radical (unpaired) electrons. The van der Waals surface area contributed by atoms with Crippen LogP contribution in [0.3, 0.4) is 0 Å². The van der Waals surface area contributed by atoms with Gasteiger partial charge < -0.3 is 9.64 Å². The second kappa shape index (κ2) is 9.24. The van der Waals surface area contributed by atoms with Gasteiger partial charge in [-0.05, 0) is 31.2 Å². The molecule has 3 fully saturated rings. The minimum Gasteiger partial charge on any atom is -0.379 e. The number of hydrogen-bond acceptors (Lipinski definition) is 5. The summed E-state index contributed by atoms with van der Waals surface area (Å²) in [4.78, 5) is 30.0. The Labute approximate surface area is 172 Å². The first kappa shape index (κ1) is 20.3. The first-order valence-corrected chi connectivity index (χ1v) is 10.8. The minimum absolute atomic E-state index is 0.0671. The third-order valence-electron chi connectivity index (χ3n) is 6.92. The summed E-state index contributed by atoms with van der Waals surface area (Å²) in [6, 6.07) is 10.6. The van der Waals surface area contributed by atoms with Crippen LogP contribution in [0.15, 0.2) is 30.3 Å². The third-order valence-corrected chi connectivity index (χ3v) is 6.92. The highest BCUT2D eigenvalue weighted by atomic mass is 16.5. The number of nitrogens with one attached hydrogen (secondary N) is 1. The summed E-state index contributed by atoms with van der Waals surface area (Å²) in [6.45, 7) is 4.59. The molecule has 1 aromatic carbocycles. The van der Waals surface area contributed by atoms with E-state index in [1.807, 2.05) is 28.6 Å². The Hall–Kier alpha value is -1.96. The maximum absolute atomic E-state index is 13.3. The smallest absolute Gasteiger partial charge is 0.247 e. The van der Waals surface area contributed by atoms with Crippen LogP contribution < -0.4 is 5.48 Å². The molecule has 1 saturated carbocycles. The standard InChI is InChI=1S/C22H31N3O4/c26-21(23-28)20-14-18(24-10-12-29-13-11-24)6-7-19(20)22(27)25-9-8-17(15-25)16-4-2-1-3-5-16/h1-5,17-20,28H,6-15H2,(H,23,26)/t17-,18+,19-,20-/m0/s1. The van der Waals surface area contributed by atoms with Crippen molar-refractivity contribution in [1.29, 1.82) is 0 Å². The van der Waals surface area contributed by atoms with E-state index in [9.17, 15) is 14.8 Å². The zero-order chi connectivity index (χ0) is 20.2. The number of rotatable bonds is 4. The number of carbonyl (C=O) groups is 2. The zero-order valence-corrected chi connectivity index (χ0v) is 16.8. The second-order valence-electron chi connectivity index (χ2n) is 8.48. The van der Waals surface area contributed by atoms with E-state index in [2.05, 4.69) is 17.0 Å². The van der Waals surface area contributed by atoms with Crippen LogP contribution in [0.5, 0.6) is 0 Å². The Morgan fingerprint density at radius 3 is 2.48 bits per heavy atom. The zero-order valence-electron chi connectivity index (χ0n) is 16.8. The monoisotopic (exact) mass is 401 g/mol. The quantitative estimate of drug-likeness (QED) is 0.592. The number of amides is 2. The van der Waals surface area contributed by atoms with E-state index in [4.69, 9.17) is 4.74 Å². The van der Waals surface area contributed by atoms with Crippen LogP contribution in [0.2, 0.25) is 0 Å². The molecule has 2 heterocycles. The van der Waals surface area contributed by atoms with Crippen molar-refractivity contribution in [2.24, 2.45) is 11.8 Å². The summed E-state index contributed by atoms with van der Waals surface area (Å²) >= 11 is 0. The van der Waals surface area contributed by atoms with E-state index in [1.54, 1.807) is 0 Å². The summed E-state index contributed by atoms with van der Waals surface area (Å²) in [5, 5.41) is 9.28. The molecule has 29 heavy (non-hydrogen) atoms. The molecule has 2 amide bonds. The summed E-state index contributed by atoms with van der Waals surface area (Å²) in [7, 11) is 0. The molecular weight excluding hydrogens is 370 g/mol. The van der Waals surface area contributed by atoms with Crippen molar-refractivity contribution in [3.8, 4) is 0 Å². The van der Waals surface area contributed by atoms with E-state index >= 15 is 0 Å². The lowest BCUT2D eigenvalue weighted by molar-refractivity contribution is -0.148. The van der Waals surface area contributed by atoms with Gasteiger partial charge in [0.2, 0.25) is 11.8 Å². The van der Waals surface area contributed by atoms with Crippen LogP contribution in [-0.4, -0.2) is 72.3 Å². The molecule has 7 heteroatoms. The van der Waals surface area contributed by atoms with Crippen molar-refractivity contribution in [3.05, 3.63) is 35.9 Å². The fourth-order valence-corrected chi connectivity index (χ4v) is 5.28. The van der Waals surface area contributed by atoms with Gasteiger partial charge in [0, 0.05) is 44.1 Å². The number of hydrogen-bond donors (Lipinski definition) is 2. The van der Waals surface area contributed by atoms with Crippen LogP contribution in [0.25, 0.3) is 0 Å². The topological polar surface area (TPSA) is 82.1 Å². The van der Waals surface area contributed by atoms with Crippen molar-refractivity contribution in [3.63, 3.8) is 0 Å². The van der Waals surface area contributed by atoms with Gasteiger partial charge in [0.05, 0.1) is 19.1 Å². The molecule has 2 saturated heterocycles. The first-order chi connectivity index (χ1) is 14.2. The molecule has 0 unspecified atom stereocenters. The Kier molecular flexibility index (Phi) is 6.47. The fraction of sp³-hybridized carbons (Fsp3) is 0.636. The van der Waals surface area contributed by atoms with E-state index in [-0.39, 0.29) is 17.9 Å². The van der Waals surface area contributed by atoms with Crippen molar-refractivity contribution >= 4 is 11.8 Å². The highest BCUT2D eigenvalue weighted by Crippen LogP contribution is 2.36. The maximum atomic E-state index is 13.3. The normalized spacial score (nSPS) is 30.9. The van der Waals surface area contributed by atoms with Gasteiger partial charge >= 0.3 is 0 Å². The number of carbonyl (C=O) groups excluding carboxylic acids is 2. The summed E-state index contributed by atoms with van der Waals surface area (Å²) in [6.07, 6.45) is 3.15. The molecule has 0 aromatic heterocycles. The molecule has 4 atom stereocenters. The molecule has 1 aliphatic carbocycles. The lowest BCUT2D eigenvalue weighted by Crippen LogP contribution is -2.52. The lowest BCUT2D eigenvalue weighted by Gasteiger charge is -2.42. The number of ether oxygens (including phenoxy) is 1. The van der Waals surface area contributed by atoms with Gasteiger partial charge in [0.25, 0.3) is 0 Å². The van der Waals surface area contributed by atoms with Crippen molar-refractivity contribution in [2.75, 3.05) is 39.4 Å². The predicted octanol–water partition coefficient (Wildman–Crippen LogP) is 1.62. The molecule has 2 N–H and O–H groups in total. The van der Waals surface area contributed by atoms with Gasteiger partial charge in [-0.3, -0.25) is 19.7 Å². The van der Waals surface area contributed by atoms with E-state index in [0.717, 1.165) is 32.5 Å². The highest BCUT2D eigenvalue weighted by Gasteiger charge is 2.43. The van der Waals surface area contributed by atoms with Crippen LogP contribution in [0.4, 0.5) is 0 Å². The molecule has 0 bridgehead atoms. The molecule has 0 spiro atoms. The third kappa shape index (κ3) is 4.47. The fourth-order valence-electron chi connectivity index (χ4n) is 5.28. The van der Waals surface area contributed by atoms with E-state index in [1.165, 1.54) is 5.56 Å². The molecule has 4 rings (SSSR count). The van der Waals surface area contributed by atoms with Gasteiger partial charge in [0.15, 0.2) is 0 Å². The largest absolute Gasteiger partial charge is 0.379 e. The lowest BCUT2D eigenvalue weighted by atomic mass is 9.75. The number of benzene rings is 1. The predicted molar refractivity (Wildman–Crippen MR) is 107 cm³/mol. The molecule has 1 aromatic rings. The van der Waals surface area contributed by atoms with Crippen molar-refractivity contribution in [1.82, 2.24) is 15.3 Å². The number of likely N-dealkylation sites (tertiary alicyclic amines) is 1. The van der Waals surface area contributed by atoms with Crippen molar-refractivity contribution in [2.45, 2.75) is 37.6 Å². The van der Waals surface area contributed by atoms with Crippen LogP contribution in [-0.2, 0) is 14.3 Å². The molecule has 158 valence electrons. The van der Waals surface area contributed by atoms with Crippen LogP contribution in [0.1, 0.15) is 37.2 Å². The average Bonchev–Trinajstić information content (AvgIpc) is 3.29. The molecule has 3 aliphatic rings. The Bertz CT molecular complexity index is 707. The minimum atomic E-state index is -0.482. The average molecular weight is 402 g/mol. The number of morpholine rings is 1. The Balaban J connectivity index is 1.42. The maximum Gasteiger partial charge on any atom is 0.247 e. The molecule has 2 aliphatic heterocycles. The summed E-state index contributed by atoms with van der Waals surface area (Å²) in [5.41, 5.74) is 3.08. The molecular formula is C22H31N3O4.